The van der Waals surface area contributed by atoms with Crippen molar-refractivity contribution in [3.8, 4) is 0 Å². The van der Waals surface area contributed by atoms with E-state index in [1.807, 2.05) is 0 Å². The molecule has 2 rings (SSSR count). The van der Waals surface area contributed by atoms with E-state index in [9.17, 15) is 13.2 Å². The Bertz CT molecular complexity index is 872. The van der Waals surface area contributed by atoms with Crippen molar-refractivity contribution in [2.24, 2.45) is 0 Å². The van der Waals surface area contributed by atoms with Crippen molar-refractivity contribution in [3.05, 3.63) is 63.1 Å². The summed E-state index contributed by atoms with van der Waals surface area (Å²) < 4.78 is 32.9. The standard InChI is InChI=1S/C17H17Cl2NO4S/c1-10-9-13(18)11(2)16(14(10)19)25(22,23)20-15(17(21)24-3)12-7-5-4-6-8-12/h4-9,15,20H,1-3H3. The Morgan fingerprint density at radius 1 is 1.16 bits per heavy atom. The van der Waals surface area contributed by atoms with E-state index in [1.165, 1.54) is 7.11 Å². The average Bonchev–Trinajstić information content (AvgIpc) is 2.58. The Morgan fingerprint density at radius 2 is 1.76 bits per heavy atom. The predicted octanol–water partition coefficient (Wildman–Crippen LogP) is 3.80. The number of hydrogen-bond acceptors (Lipinski definition) is 4. The fourth-order valence-corrected chi connectivity index (χ4v) is 4.75. The maximum absolute atomic E-state index is 12.9. The number of carbonyl (C=O) groups excluding carboxylic acids is 1. The van der Waals surface area contributed by atoms with Crippen molar-refractivity contribution in [1.29, 1.82) is 0 Å². The lowest BCUT2D eigenvalue weighted by Crippen LogP contribution is -2.35. The Kier molecular flexibility index (Phi) is 6.11. The number of halogens is 2. The molecule has 0 heterocycles. The van der Waals surface area contributed by atoms with Crippen LogP contribution in [0.5, 0.6) is 0 Å². The Labute approximate surface area is 157 Å². The number of carbonyl (C=O) groups is 1. The largest absolute Gasteiger partial charge is 0.468 e. The summed E-state index contributed by atoms with van der Waals surface area (Å²) in [6.45, 7) is 3.21. The van der Waals surface area contributed by atoms with Crippen molar-refractivity contribution in [2.75, 3.05) is 7.11 Å². The SMILES string of the molecule is COC(=O)C(NS(=O)(=O)c1c(C)c(Cl)cc(C)c1Cl)c1ccccc1. The van der Waals surface area contributed by atoms with Crippen LogP contribution < -0.4 is 4.72 Å². The van der Waals surface area contributed by atoms with Crippen molar-refractivity contribution in [2.45, 2.75) is 24.8 Å². The summed E-state index contributed by atoms with van der Waals surface area (Å²) >= 11 is 12.3. The van der Waals surface area contributed by atoms with Gasteiger partial charge in [0, 0.05) is 5.02 Å². The molecule has 0 radical (unpaired) electrons. The molecule has 0 amide bonds. The van der Waals surface area contributed by atoms with Gasteiger partial charge in [-0.25, -0.2) is 13.2 Å². The van der Waals surface area contributed by atoms with Crippen LogP contribution in [0.2, 0.25) is 10.0 Å². The van der Waals surface area contributed by atoms with E-state index in [-0.39, 0.29) is 14.9 Å². The molecule has 2 aromatic rings. The van der Waals surface area contributed by atoms with Crippen LogP contribution in [0.3, 0.4) is 0 Å². The van der Waals surface area contributed by atoms with Crippen LogP contribution in [0, 0.1) is 13.8 Å². The van der Waals surface area contributed by atoms with Gasteiger partial charge in [-0.2, -0.15) is 4.72 Å². The molecule has 8 heteroatoms. The third kappa shape index (κ3) is 4.15. The topological polar surface area (TPSA) is 72.5 Å². The maximum Gasteiger partial charge on any atom is 0.328 e. The normalized spacial score (nSPS) is 12.7. The van der Waals surface area contributed by atoms with Gasteiger partial charge in [0.25, 0.3) is 0 Å². The number of benzene rings is 2. The Hall–Kier alpha value is -1.60. The lowest BCUT2D eigenvalue weighted by atomic mass is 10.1. The molecule has 1 N–H and O–H groups in total. The first-order valence-electron chi connectivity index (χ1n) is 7.29. The number of esters is 1. The first kappa shape index (κ1) is 19.7. The van der Waals surface area contributed by atoms with Gasteiger partial charge < -0.3 is 4.74 Å². The van der Waals surface area contributed by atoms with Crippen molar-refractivity contribution in [1.82, 2.24) is 4.72 Å². The minimum Gasteiger partial charge on any atom is -0.468 e. The quantitative estimate of drug-likeness (QED) is 0.773. The highest BCUT2D eigenvalue weighted by atomic mass is 35.5. The predicted molar refractivity (Wildman–Crippen MR) is 97.5 cm³/mol. The molecule has 0 aliphatic heterocycles. The number of ether oxygens (including phenoxy) is 1. The first-order valence-corrected chi connectivity index (χ1v) is 9.53. The molecular weight excluding hydrogens is 385 g/mol. The molecular formula is C17H17Cl2NO4S. The first-order chi connectivity index (χ1) is 11.7. The van der Waals surface area contributed by atoms with Crippen molar-refractivity contribution >= 4 is 39.2 Å². The van der Waals surface area contributed by atoms with Gasteiger partial charge in [-0.3, -0.25) is 0 Å². The summed E-state index contributed by atoms with van der Waals surface area (Å²) in [5.74, 6) is -0.734. The summed E-state index contributed by atoms with van der Waals surface area (Å²) in [6.07, 6.45) is 0. The fourth-order valence-electron chi connectivity index (χ4n) is 2.36. The van der Waals surface area contributed by atoms with E-state index in [0.717, 1.165) is 0 Å². The number of sulfonamides is 1. The Balaban J connectivity index is 2.55. The molecule has 1 atom stereocenters. The molecule has 25 heavy (non-hydrogen) atoms. The van der Waals surface area contributed by atoms with Gasteiger partial charge in [0.05, 0.1) is 12.1 Å². The number of methoxy groups -OCH3 is 1. The van der Waals surface area contributed by atoms with Gasteiger partial charge in [0.2, 0.25) is 10.0 Å². The second-order valence-corrected chi connectivity index (χ2v) is 7.87. The number of aryl methyl sites for hydroxylation is 1. The minimum absolute atomic E-state index is 0.0612. The molecule has 0 saturated carbocycles. The van der Waals surface area contributed by atoms with E-state index in [1.54, 1.807) is 50.2 Å². The molecule has 0 saturated heterocycles. The van der Waals surface area contributed by atoms with E-state index in [2.05, 4.69) is 4.72 Å². The highest BCUT2D eigenvalue weighted by Gasteiger charge is 2.31. The zero-order valence-corrected chi connectivity index (χ0v) is 16.2. The van der Waals surface area contributed by atoms with Gasteiger partial charge in [0.1, 0.15) is 10.9 Å². The summed E-state index contributed by atoms with van der Waals surface area (Å²) in [7, 11) is -2.95. The molecule has 0 aliphatic rings. The van der Waals surface area contributed by atoms with E-state index in [4.69, 9.17) is 27.9 Å². The van der Waals surface area contributed by atoms with Crippen molar-refractivity contribution < 1.29 is 17.9 Å². The van der Waals surface area contributed by atoms with Gasteiger partial charge in [0.15, 0.2) is 0 Å². The number of rotatable bonds is 5. The molecule has 5 nitrogen and oxygen atoms in total. The van der Waals surface area contributed by atoms with Gasteiger partial charge in [-0.05, 0) is 36.6 Å². The lowest BCUT2D eigenvalue weighted by molar-refractivity contribution is -0.142. The molecule has 2 aromatic carbocycles. The van der Waals surface area contributed by atoms with E-state index in [0.29, 0.717) is 16.7 Å². The van der Waals surface area contributed by atoms with E-state index < -0.39 is 22.0 Å². The molecule has 1 unspecified atom stereocenters. The average molecular weight is 402 g/mol. The summed E-state index contributed by atoms with van der Waals surface area (Å²) in [5, 5.41) is 0.336. The van der Waals surface area contributed by atoms with Gasteiger partial charge in [-0.15, -0.1) is 0 Å². The zero-order valence-electron chi connectivity index (χ0n) is 13.8. The van der Waals surface area contributed by atoms with E-state index >= 15 is 0 Å². The van der Waals surface area contributed by atoms with Crippen LogP contribution in [0.4, 0.5) is 0 Å². The molecule has 0 spiro atoms. The summed E-state index contributed by atoms with van der Waals surface area (Å²) in [6, 6.07) is 8.79. The van der Waals surface area contributed by atoms with Gasteiger partial charge in [-0.1, -0.05) is 53.5 Å². The van der Waals surface area contributed by atoms with Crippen molar-refractivity contribution in [3.63, 3.8) is 0 Å². The fraction of sp³-hybridized carbons (Fsp3) is 0.235. The number of nitrogens with one attached hydrogen (secondary N) is 1. The second kappa shape index (κ2) is 7.74. The lowest BCUT2D eigenvalue weighted by Gasteiger charge is -2.19. The van der Waals surface area contributed by atoms with Crippen LogP contribution in [0.15, 0.2) is 41.3 Å². The second-order valence-electron chi connectivity index (χ2n) is 5.43. The van der Waals surface area contributed by atoms with Crippen LogP contribution in [-0.2, 0) is 19.6 Å². The monoisotopic (exact) mass is 401 g/mol. The number of hydrogen-bond donors (Lipinski definition) is 1. The molecule has 0 aromatic heterocycles. The third-order valence-corrected chi connectivity index (χ3v) is 6.28. The smallest absolute Gasteiger partial charge is 0.328 e. The summed E-state index contributed by atoms with van der Waals surface area (Å²) in [4.78, 5) is 12.0. The van der Waals surface area contributed by atoms with Crippen LogP contribution in [0.1, 0.15) is 22.7 Å². The van der Waals surface area contributed by atoms with Crippen LogP contribution >= 0.6 is 23.2 Å². The highest BCUT2D eigenvalue weighted by molar-refractivity contribution is 7.89. The zero-order chi connectivity index (χ0) is 18.8. The van der Waals surface area contributed by atoms with Gasteiger partial charge >= 0.3 is 5.97 Å². The van der Waals surface area contributed by atoms with Crippen LogP contribution in [-0.4, -0.2) is 21.5 Å². The molecule has 0 fully saturated rings. The third-order valence-electron chi connectivity index (χ3n) is 3.70. The van der Waals surface area contributed by atoms with Crippen LogP contribution in [0.25, 0.3) is 0 Å². The Morgan fingerprint density at radius 3 is 2.32 bits per heavy atom. The minimum atomic E-state index is -4.14. The molecule has 0 bridgehead atoms. The highest BCUT2D eigenvalue weighted by Crippen LogP contribution is 2.34. The molecule has 134 valence electrons. The summed E-state index contributed by atoms with van der Waals surface area (Å²) in [5.41, 5.74) is 1.28. The maximum atomic E-state index is 12.9. The molecule has 0 aliphatic carbocycles.